The van der Waals surface area contributed by atoms with E-state index in [0.29, 0.717) is 11.3 Å². The van der Waals surface area contributed by atoms with Crippen molar-refractivity contribution in [1.29, 1.82) is 0 Å². The van der Waals surface area contributed by atoms with Crippen LogP contribution in [-0.4, -0.2) is 27.8 Å². The third kappa shape index (κ3) is 5.63. The maximum Gasteiger partial charge on any atom is 0.337 e. The lowest BCUT2D eigenvalue weighted by atomic mass is 10.1. The van der Waals surface area contributed by atoms with E-state index in [0.717, 1.165) is 0 Å². The molecule has 0 spiro atoms. The van der Waals surface area contributed by atoms with Gasteiger partial charge in [0.1, 0.15) is 0 Å². The Hall–Kier alpha value is -4.79. The number of hydrogen-bond donors (Lipinski definition) is 3. The van der Waals surface area contributed by atoms with Gasteiger partial charge in [-0.25, -0.2) is 4.79 Å². The first-order valence-corrected chi connectivity index (χ1v) is 9.31. The summed E-state index contributed by atoms with van der Waals surface area (Å²) in [5, 5.41) is 25.1. The molecular weight excluding hydrogens is 414 g/mol. The Labute approximate surface area is 182 Å². The molecule has 0 atom stereocenters. The lowest BCUT2D eigenvalue weighted by Gasteiger charge is -2.09. The number of nitrogens with zero attached hydrogens (tertiary/aromatic N) is 1. The Bertz CT molecular complexity index is 1220. The maximum atomic E-state index is 12.5. The van der Waals surface area contributed by atoms with E-state index in [4.69, 9.17) is 0 Å². The predicted octanol–water partition coefficient (Wildman–Crippen LogP) is 4.20. The van der Waals surface area contributed by atoms with Gasteiger partial charge in [-0.05, 0) is 54.1 Å². The van der Waals surface area contributed by atoms with E-state index in [-0.39, 0.29) is 22.5 Å². The normalized spacial score (nSPS) is 10.5. The molecule has 9 nitrogen and oxygen atoms in total. The topological polar surface area (TPSA) is 139 Å². The quantitative estimate of drug-likeness (QED) is 0.291. The molecule has 32 heavy (non-hydrogen) atoms. The molecule has 0 saturated carbocycles. The molecule has 0 fully saturated rings. The second kappa shape index (κ2) is 9.81. The minimum Gasteiger partial charge on any atom is -0.478 e. The SMILES string of the molecule is O=C(/C=C/c1ccc([N+](=O)[O-])cc1)Nc1cccc(C(=O)Nc2ccccc2C(=O)O)c1. The van der Waals surface area contributed by atoms with E-state index < -0.39 is 22.7 Å². The third-order valence-corrected chi connectivity index (χ3v) is 4.33. The van der Waals surface area contributed by atoms with Crippen LogP contribution in [0.2, 0.25) is 0 Å². The van der Waals surface area contributed by atoms with E-state index in [2.05, 4.69) is 10.6 Å². The number of anilines is 2. The summed E-state index contributed by atoms with van der Waals surface area (Å²) in [6, 6.07) is 17.9. The molecule has 2 amide bonds. The molecule has 3 aromatic carbocycles. The molecule has 3 rings (SSSR count). The monoisotopic (exact) mass is 431 g/mol. The first-order valence-electron chi connectivity index (χ1n) is 9.31. The highest BCUT2D eigenvalue weighted by atomic mass is 16.6. The van der Waals surface area contributed by atoms with Crippen LogP contribution in [-0.2, 0) is 4.79 Å². The fourth-order valence-electron chi connectivity index (χ4n) is 2.77. The average molecular weight is 431 g/mol. The van der Waals surface area contributed by atoms with Crippen LogP contribution < -0.4 is 10.6 Å². The molecule has 160 valence electrons. The van der Waals surface area contributed by atoms with Gasteiger partial charge in [0.25, 0.3) is 11.6 Å². The van der Waals surface area contributed by atoms with E-state index in [9.17, 15) is 29.6 Å². The Morgan fingerprint density at radius 1 is 0.906 bits per heavy atom. The van der Waals surface area contributed by atoms with Crippen LogP contribution in [0.1, 0.15) is 26.3 Å². The third-order valence-electron chi connectivity index (χ3n) is 4.33. The number of nitro benzene ring substituents is 1. The molecule has 0 aromatic heterocycles. The second-order valence-electron chi connectivity index (χ2n) is 6.56. The summed E-state index contributed by atoms with van der Waals surface area (Å²) in [7, 11) is 0. The summed E-state index contributed by atoms with van der Waals surface area (Å²) in [4.78, 5) is 46.2. The summed E-state index contributed by atoms with van der Waals surface area (Å²) in [6.07, 6.45) is 2.76. The standard InChI is InChI=1S/C23H17N3O6/c27-21(13-10-15-8-11-18(12-9-15)26(31)32)24-17-5-3-4-16(14-17)22(28)25-20-7-2-1-6-19(20)23(29)30/h1-14H,(H,24,27)(H,25,28)(H,29,30)/b13-10+. The van der Waals surface area contributed by atoms with Crippen molar-refractivity contribution in [2.75, 3.05) is 10.6 Å². The highest BCUT2D eigenvalue weighted by Crippen LogP contribution is 2.18. The first-order chi connectivity index (χ1) is 15.3. The number of carbonyl (C=O) groups is 3. The predicted molar refractivity (Wildman–Crippen MR) is 119 cm³/mol. The number of carboxylic acid groups (broad SMARTS) is 1. The number of carboxylic acids is 1. The van der Waals surface area contributed by atoms with E-state index in [1.165, 1.54) is 60.7 Å². The average Bonchev–Trinajstić information content (AvgIpc) is 2.78. The van der Waals surface area contributed by atoms with Crippen molar-refractivity contribution in [3.05, 3.63) is 106 Å². The fraction of sp³-hybridized carbons (Fsp3) is 0. The molecule has 0 aliphatic rings. The Morgan fingerprint density at radius 2 is 1.62 bits per heavy atom. The number of nitro groups is 1. The summed E-state index contributed by atoms with van der Waals surface area (Å²) >= 11 is 0. The number of amides is 2. The first kappa shape index (κ1) is 21.9. The molecule has 0 heterocycles. The summed E-state index contributed by atoms with van der Waals surface area (Å²) in [6.45, 7) is 0. The van der Waals surface area contributed by atoms with Crippen molar-refractivity contribution in [3.8, 4) is 0 Å². The lowest BCUT2D eigenvalue weighted by Crippen LogP contribution is -2.15. The van der Waals surface area contributed by atoms with Crippen LogP contribution >= 0.6 is 0 Å². The molecule has 0 bridgehead atoms. The van der Waals surface area contributed by atoms with Crippen molar-refractivity contribution < 1.29 is 24.4 Å². The van der Waals surface area contributed by atoms with Crippen LogP contribution in [0.3, 0.4) is 0 Å². The summed E-state index contributed by atoms with van der Waals surface area (Å²) in [5.41, 5.74) is 1.26. The van der Waals surface area contributed by atoms with E-state index in [1.807, 2.05) is 0 Å². The van der Waals surface area contributed by atoms with Crippen molar-refractivity contribution in [2.24, 2.45) is 0 Å². The number of rotatable bonds is 7. The second-order valence-corrected chi connectivity index (χ2v) is 6.56. The maximum absolute atomic E-state index is 12.5. The summed E-state index contributed by atoms with van der Waals surface area (Å²) in [5.74, 6) is -2.16. The minimum atomic E-state index is -1.17. The number of non-ortho nitro benzene ring substituents is 1. The largest absolute Gasteiger partial charge is 0.478 e. The summed E-state index contributed by atoms with van der Waals surface area (Å²) < 4.78 is 0. The molecule has 0 saturated heterocycles. The highest BCUT2D eigenvalue weighted by Gasteiger charge is 2.13. The van der Waals surface area contributed by atoms with E-state index >= 15 is 0 Å². The number of nitrogens with one attached hydrogen (secondary N) is 2. The van der Waals surface area contributed by atoms with Crippen molar-refractivity contribution in [2.45, 2.75) is 0 Å². The van der Waals surface area contributed by atoms with Gasteiger partial charge in [-0.1, -0.05) is 18.2 Å². The zero-order chi connectivity index (χ0) is 23.1. The fourth-order valence-corrected chi connectivity index (χ4v) is 2.77. The number of para-hydroxylation sites is 1. The van der Waals surface area contributed by atoms with Crippen LogP contribution in [0.4, 0.5) is 17.1 Å². The van der Waals surface area contributed by atoms with Crippen LogP contribution in [0, 0.1) is 10.1 Å². The zero-order valence-corrected chi connectivity index (χ0v) is 16.5. The Balaban J connectivity index is 1.66. The zero-order valence-electron chi connectivity index (χ0n) is 16.5. The van der Waals surface area contributed by atoms with Gasteiger partial charge in [0, 0.05) is 29.5 Å². The van der Waals surface area contributed by atoms with Gasteiger partial charge in [-0.2, -0.15) is 0 Å². The van der Waals surface area contributed by atoms with Gasteiger partial charge in [-0.15, -0.1) is 0 Å². The smallest absolute Gasteiger partial charge is 0.337 e. The molecule has 9 heteroatoms. The van der Waals surface area contributed by atoms with Crippen LogP contribution in [0.15, 0.2) is 78.9 Å². The number of benzene rings is 3. The molecule has 0 radical (unpaired) electrons. The van der Waals surface area contributed by atoms with Gasteiger partial charge >= 0.3 is 5.97 Å². The number of hydrogen-bond acceptors (Lipinski definition) is 5. The highest BCUT2D eigenvalue weighted by molar-refractivity contribution is 6.09. The van der Waals surface area contributed by atoms with Gasteiger partial charge < -0.3 is 15.7 Å². The Kier molecular flexibility index (Phi) is 6.72. The van der Waals surface area contributed by atoms with Gasteiger partial charge in [0.2, 0.25) is 5.91 Å². The van der Waals surface area contributed by atoms with Crippen LogP contribution in [0.5, 0.6) is 0 Å². The number of aromatic carboxylic acids is 1. The lowest BCUT2D eigenvalue weighted by molar-refractivity contribution is -0.384. The molecule has 0 aliphatic carbocycles. The molecule has 0 aliphatic heterocycles. The van der Waals surface area contributed by atoms with Gasteiger partial charge in [0.15, 0.2) is 0 Å². The molecule has 3 N–H and O–H groups in total. The van der Waals surface area contributed by atoms with Gasteiger partial charge in [-0.3, -0.25) is 19.7 Å². The minimum absolute atomic E-state index is 0.0401. The molecule has 3 aromatic rings. The van der Waals surface area contributed by atoms with Crippen molar-refractivity contribution in [1.82, 2.24) is 0 Å². The van der Waals surface area contributed by atoms with Gasteiger partial charge in [0.05, 0.1) is 16.2 Å². The van der Waals surface area contributed by atoms with Crippen molar-refractivity contribution >= 4 is 40.9 Å². The van der Waals surface area contributed by atoms with Crippen molar-refractivity contribution in [3.63, 3.8) is 0 Å². The Morgan fingerprint density at radius 3 is 2.31 bits per heavy atom. The number of carbonyl (C=O) groups excluding carboxylic acids is 2. The van der Waals surface area contributed by atoms with Crippen LogP contribution in [0.25, 0.3) is 6.08 Å². The van der Waals surface area contributed by atoms with E-state index in [1.54, 1.807) is 24.3 Å². The molecular formula is C23H17N3O6. The molecule has 0 unspecified atom stereocenters.